The van der Waals surface area contributed by atoms with Crippen molar-refractivity contribution in [2.24, 2.45) is 5.10 Å². The van der Waals surface area contributed by atoms with Crippen LogP contribution in [0.4, 0.5) is 0 Å². The predicted octanol–water partition coefficient (Wildman–Crippen LogP) is -0.128. The van der Waals surface area contributed by atoms with E-state index < -0.39 is 0 Å². The lowest BCUT2D eigenvalue weighted by Gasteiger charge is -2.21. The average Bonchev–Trinajstić information content (AvgIpc) is 2.31. The van der Waals surface area contributed by atoms with E-state index in [1.165, 1.54) is 5.01 Å². The lowest BCUT2D eigenvalue weighted by atomic mass is 10.1. The van der Waals surface area contributed by atoms with Gasteiger partial charge in [0.1, 0.15) is 5.71 Å². The zero-order valence-corrected chi connectivity index (χ0v) is 10.3. The molecule has 0 saturated heterocycles. The fourth-order valence-corrected chi connectivity index (χ4v) is 1.64. The molecule has 0 aromatic rings. The minimum atomic E-state index is -0.246. The van der Waals surface area contributed by atoms with Crippen LogP contribution in [0.2, 0.25) is 0 Å². The number of nitrogens with one attached hydrogen (secondary N) is 1. The summed E-state index contributed by atoms with van der Waals surface area (Å²) in [5.41, 5.74) is 0.378. The SMILES string of the molecule is CCC(CCO)NC(=O)C1=NN(C)C(=O)CC1. The van der Waals surface area contributed by atoms with Crippen molar-refractivity contribution in [2.75, 3.05) is 13.7 Å². The van der Waals surface area contributed by atoms with Crippen molar-refractivity contribution in [1.29, 1.82) is 0 Å². The number of amides is 2. The van der Waals surface area contributed by atoms with Gasteiger partial charge in [-0.3, -0.25) is 9.59 Å². The van der Waals surface area contributed by atoms with Crippen LogP contribution in [0.25, 0.3) is 0 Å². The second-order valence-corrected chi connectivity index (χ2v) is 4.05. The number of carbonyl (C=O) groups is 2. The molecule has 96 valence electrons. The number of nitrogens with zero attached hydrogens (tertiary/aromatic N) is 2. The van der Waals surface area contributed by atoms with E-state index in [0.717, 1.165) is 6.42 Å². The summed E-state index contributed by atoms with van der Waals surface area (Å²) in [5.74, 6) is -0.325. The summed E-state index contributed by atoms with van der Waals surface area (Å²) < 4.78 is 0. The minimum Gasteiger partial charge on any atom is -0.396 e. The Balaban J connectivity index is 2.58. The maximum absolute atomic E-state index is 11.8. The average molecular weight is 241 g/mol. The predicted molar refractivity (Wildman–Crippen MR) is 63.4 cm³/mol. The second kappa shape index (κ2) is 6.34. The maximum atomic E-state index is 11.8. The number of carbonyl (C=O) groups excluding carboxylic acids is 2. The van der Waals surface area contributed by atoms with Crippen LogP contribution >= 0.6 is 0 Å². The number of hydrogen-bond donors (Lipinski definition) is 2. The van der Waals surface area contributed by atoms with Gasteiger partial charge in [-0.25, -0.2) is 5.01 Å². The Morgan fingerprint density at radius 3 is 2.82 bits per heavy atom. The molecule has 0 spiro atoms. The molecule has 6 heteroatoms. The first-order valence-electron chi connectivity index (χ1n) is 5.84. The van der Waals surface area contributed by atoms with Crippen molar-refractivity contribution in [1.82, 2.24) is 10.3 Å². The van der Waals surface area contributed by atoms with Crippen LogP contribution in [0.5, 0.6) is 0 Å². The van der Waals surface area contributed by atoms with Crippen LogP contribution in [-0.4, -0.2) is 47.3 Å². The van der Waals surface area contributed by atoms with E-state index in [2.05, 4.69) is 10.4 Å². The lowest BCUT2D eigenvalue weighted by molar-refractivity contribution is -0.130. The van der Waals surface area contributed by atoms with Crippen molar-refractivity contribution < 1.29 is 14.7 Å². The third-order valence-corrected chi connectivity index (χ3v) is 2.77. The van der Waals surface area contributed by atoms with Crippen LogP contribution in [0.3, 0.4) is 0 Å². The number of rotatable bonds is 5. The topological polar surface area (TPSA) is 82.0 Å². The van der Waals surface area contributed by atoms with Gasteiger partial charge in [-0.1, -0.05) is 6.92 Å². The molecule has 1 atom stereocenters. The fourth-order valence-electron chi connectivity index (χ4n) is 1.64. The summed E-state index contributed by atoms with van der Waals surface area (Å²) in [6.07, 6.45) is 1.99. The van der Waals surface area contributed by atoms with Crippen LogP contribution in [0, 0.1) is 0 Å². The molecule has 0 aliphatic carbocycles. The van der Waals surface area contributed by atoms with E-state index in [4.69, 9.17) is 5.11 Å². The molecule has 0 fully saturated rings. The van der Waals surface area contributed by atoms with Crippen LogP contribution in [0.1, 0.15) is 32.6 Å². The zero-order valence-electron chi connectivity index (χ0n) is 10.3. The van der Waals surface area contributed by atoms with Gasteiger partial charge >= 0.3 is 0 Å². The van der Waals surface area contributed by atoms with Gasteiger partial charge in [0, 0.05) is 32.5 Å². The van der Waals surface area contributed by atoms with Gasteiger partial charge in [0.2, 0.25) is 5.91 Å². The third-order valence-electron chi connectivity index (χ3n) is 2.77. The molecule has 0 aromatic carbocycles. The van der Waals surface area contributed by atoms with E-state index in [9.17, 15) is 9.59 Å². The zero-order chi connectivity index (χ0) is 12.8. The van der Waals surface area contributed by atoms with E-state index in [1.54, 1.807) is 7.05 Å². The highest BCUT2D eigenvalue weighted by molar-refractivity contribution is 6.39. The monoisotopic (exact) mass is 241 g/mol. The van der Waals surface area contributed by atoms with Crippen LogP contribution in [0.15, 0.2) is 5.10 Å². The highest BCUT2D eigenvalue weighted by Crippen LogP contribution is 2.07. The normalized spacial score (nSPS) is 17.7. The quantitative estimate of drug-likeness (QED) is 0.703. The lowest BCUT2D eigenvalue weighted by Crippen LogP contribution is -2.42. The van der Waals surface area contributed by atoms with Crippen molar-refractivity contribution in [2.45, 2.75) is 38.6 Å². The van der Waals surface area contributed by atoms with Crippen molar-refractivity contribution in [3.05, 3.63) is 0 Å². The van der Waals surface area contributed by atoms with E-state index in [0.29, 0.717) is 25.0 Å². The van der Waals surface area contributed by atoms with E-state index in [-0.39, 0.29) is 24.5 Å². The Morgan fingerprint density at radius 1 is 1.59 bits per heavy atom. The summed E-state index contributed by atoms with van der Waals surface area (Å²) in [6.45, 7) is 1.99. The molecule has 1 heterocycles. The molecular formula is C11H19N3O3. The van der Waals surface area contributed by atoms with Gasteiger partial charge in [0.05, 0.1) is 0 Å². The molecule has 6 nitrogen and oxygen atoms in total. The maximum Gasteiger partial charge on any atom is 0.267 e. The van der Waals surface area contributed by atoms with Crippen molar-refractivity contribution in [3.8, 4) is 0 Å². The number of aliphatic hydroxyl groups is 1. The Kier molecular flexibility index (Phi) is 5.09. The summed E-state index contributed by atoms with van der Waals surface area (Å²) in [7, 11) is 1.54. The van der Waals surface area contributed by atoms with Gasteiger partial charge in [-0.2, -0.15) is 5.10 Å². The smallest absolute Gasteiger partial charge is 0.267 e. The molecule has 1 aliphatic rings. The van der Waals surface area contributed by atoms with Gasteiger partial charge in [-0.05, 0) is 12.8 Å². The van der Waals surface area contributed by atoms with Gasteiger partial charge in [0.25, 0.3) is 5.91 Å². The van der Waals surface area contributed by atoms with Crippen molar-refractivity contribution >= 4 is 17.5 Å². The third kappa shape index (κ3) is 3.81. The van der Waals surface area contributed by atoms with Crippen LogP contribution in [-0.2, 0) is 9.59 Å². The standard InChI is InChI=1S/C11H19N3O3/c1-3-8(6-7-15)12-11(17)9-4-5-10(16)14(2)13-9/h8,15H,3-7H2,1-2H3,(H,12,17). The molecule has 0 bridgehead atoms. The summed E-state index contributed by atoms with van der Waals surface area (Å²) in [6, 6.07) is -0.0434. The molecule has 0 saturated carbocycles. The Labute approximate surface area is 101 Å². The molecule has 1 rings (SSSR count). The molecule has 0 radical (unpaired) electrons. The largest absolute Gasteiger partial charge is 0.396 e. The van der Waals surface area contributed by atoms with Gasteiger partial charge < -0.3 is 10.4 Å². The summed E-state index contributed by atoms with van der Waals surface area (Å²) in [4.78, 5) is 23.0. The molecule has 0 aromatic heterocycles. The summed E-state index contributed by atoms with van der Waals surface area (Å²) in [5, 5.41) is 16.8. The highest BCUT2D eigenvalue weighted by atomic mass is 16.3. The Hall–Kier alpha value is -1.43. The molecule has 17 heavy (non-hydrogen) atoms. The van der Waals surface area contributed by atoms with Gasteiger partial charge in [-0.15, -0.1) is 0 Å². The fraction of sp³-hybridized carbons (Fsp3) is 0.727. The molecule has 1 aliphatic heterocycles. The molecular weight excluding hydrogens is 222 g/mol. The first kappa shape index (κ1) is 13.6. The molecule has 2 N–H and O–H groups in total. The van der Waals surface area contributed by atoms with Crippen LogP contribution < -0.4 is 5.32 Å². The van der Waals surface area contributed by atoms with Crippen molar-refractivity contribution in [3.63, 3.8) is 0 Å². The number of hydrazone groups is 1. The molecule has 2 amide bonds. The minimum absolute atomic E-state index is 0.0434. The second-order valence-electron chi connectivity index (χ2n) is 4.05. The van der Waals surface area contributed by atoms with Gasteiger partial charge in [0.15, 0.2) is 0 Å². The number of aliphatic hydroxyl groups excluding tert-OH is 1. The molecule has 1 unspecified atom stereocenters. The van der Waals surface area contributed by atoms with E-state index >= 15 is 0 Å². The highest BCUT2D eigenvalue weighted by Gasteiger charge is 2.23. The summed E-state index contributed by atoms with van der Waals surface area (Å²) >= 11 is 0. The first-order valence-corrected chi connectivity index (χ1v) is 5.84. The number of hydrogen-bond acceptors (Lipinski definition) is 4. The first-order chi connectivity index (χ1) is 8.08. The van der Waals surface area contributed by atoms with E-state index in [1.807, 2.05) is 6.92 Å². The Morgan fingerprint density at radius 2 is 2.29 bits per heavy atom. The Bertz CT molecular complexity index is 328.